The number of rotatable bonds is 5. The van der Waals surface area contributed by atoms with Crippen molar-refractivity contribution in [2.75, 3.05) is 5.33 Å². The molecule has 0 fully saturated rings. The van der Waals surface area contributed by atoms with Crippen LogP contribution in [-0.2, 0) is 0 Å². The Hall–Kier alpha value is 0.540. The number of hydrogen-bond acceptors (Lipinski definition) is 0. The van der Waals surface area contributed by atoms with Crippen LogP contribution in [-0.4, -0.2) is 16.1 Å². The van der Waals surface area contributed by atoms with Crippen molar-refractivity contribution in [2.45, 2.75) is 31.0 Å². The zero-order valence-corrected chi connectivity index (χ0v) is 11.1. The van der Waals surface area contributed by atoms with Crippen LogP contribution in [0.25, 0.3) is 0 Å². The Morgan fingerprint density at radius 2 is 1.92 bits per heavy atom. The summed E-state index contributed by atoms with van der Waals surface area (Å²) in [6.07, 6.45) is 2.88. The minimum Gasteiger partial charge on any atom is -0.118 e. The lowest BCUT2D eigenvalue weighted by molar-refractivity contribution is 0.967. The Morgan fingerprint density at radius 1 is 1.38 bits per heavy atom. The zero-order chi connectivity index (χ0) is 10.4. The van der Waals surface area contributed by atoms with Gasteiger partial charge in [-0.15, -0.1) is 23.2 Å². The van der Waals surface area contributed by atoms with Crippen molar-refractivity contribution in [1.82, 2.24) is 0 Å². The normalized spacial score (nSPS) is 16.8. The third-order valence-electron chi connectivity index (χ3n) is 1.81. The van der Waals surface area contributed by atoms with Gasteiger partial charge in [-0.3, -0.25) is 0 Å². The Kier molecular flexibility index (Phi) is 7.20. The summed E-state index contributed by atoms with van der Waals surface area (Å²) in [5.41, 5.74) is 2.15. The predicted molar refractivity (Wildman–Crippen MR) is 66.3 cm³/mol. The maximum absolute atomic E-state index is 6.01. The van der Waals surface area contributed by atoms with Gasteiger partial charge < -0.3 is 0 Å². The van der Waals surface area contributed by atoms with Crippen LogP contribution in [0.3, 0.4) is 0 Å². The molecule has 0 nitrogen and oxygen atoms in total. The summed E-state index contributed by atoms with van der Waals surface area (Å²) in [6.45, 7) is 7.74. The first-order valence-corrected chi connectivity index (χ1v) is 6.14. The fraction of sp³-hybridized carbons (Fsp3) is 0.600. The van der Waals surface area contributed by atoms with E-state index in [2.05, 4.69) is 28.6 Å². The summed E-state index contributed by atoms with van der Waals surface area (Å²) in [6, 6.07) is 0. The van der Waals surface area contributed by atoms with Gasteiger partial charge in [0.2, 0.25) is 0 Å². The largest absolute Gasteiger partial charge is 0.118 e. The molecule has 0 aromatic rings. The summed E-state index contributed by atoms with van der Waals surface area (Å²) < 4.78 is 0. The Labute approximate surface area is 99.1 Å². The van der Waals surface area contributed by atoms with Crippen molar-refractivity contribution in [1.29, 1.82) is 0 Å². The van der Waals surface area contributed by atoms with Gasteiger partial charge in [0.25, 0.3) is 0 Å². The van der Waals surface area contributed by atoms with E-state index < -0.39 is 0 Å². The van der Waals surface area contributed by atoms with Crippen LogP contribution in [0, 0.1) is 0 Å². The molecule has 0 saturated heterocycles. The number of halogens is 3. The number of alkyl halides is 3. The Bertz CT molecular complexity index is 199. The lowest BCUT2D eigenvalue weighted by atomic mass is 10.1. The first kappa shape index (κ1) is 13.5. The zero-order valence-electron chi connectivity index (χ0n) is 7.99. The van der Waals surface area contributed by atoms with E-state index in [1.54, 1.807) is 0 Å². The van der Waals surface area contributed by atoms with Gasteiger partial charge in [-0.25, -0.2) is 0 Å². The second-order valence-electron chi connectivity index (χ2n) is 3.12. The third kappa shape index (κ3) is 5.77. The van der Waals surface area contributed by atoms with Crippen LogP contribution in [0.1, 0.15) is 20.3 Å². The molecule has 0 bridgehead atoms. The Morgan fingerprint density at radius 3 is 2.31 bits per heavy atom. The van der Waals surface area contributed by atoms with E-state index in [9.17, 15) is 0 Å². The molecule has 2 unspecified atom stereocenters. The number of allylic oxidation sites excluding steroid dienone is 3. The standard InChI is InChI=1S/C10H15BrCl2/c1-7(2)9(12)5-4-8(3)10(13)6-11/h4,9-10H,1,5-6H2,2-3H3/b8-4-. The van der Waals surface area contributed by atoms with Crippen LogP contribution >= 0.6 is 39.1 Å². The van der Waals surface area contributed by atoms with Crippen molar-refractivity contribution in [3.05, 3.63) is 23.8 Å². The molecule has 0 aliphatic heterocycles. The van der Waals surface area contributed by atoms with E-state index >= 15 is 0 Å². The van der Waals surface area contributed by atoms with Gasteiger partial charge in [0, 0.05) is 5.33 Å². The van der Waals surface area contributed by atoms with Gasteiger partial charge >= 0.3 is 0 Å². The highest BCUT2D eigenvalue weighted by atomic mass is 79.9. The molecule has 0 aliphatic carbocycles. The molecule has 0 aromatic carbocycles. The van der Waals surface area contributed by atoms with Crippen LogP contribution in [0.2, 0.25) is 0 Å². The summed E-state index contributed by atoms with van der Waals surface area (Å²) in [5.74, 6) is 0. The topological polar surface area (TPSA) is 0 Å². The summed E-state index contributed by atoms with van der Waals surface area (Å²) >= 11 is 15.3. The maximum atomic E-state index is 6.01. The molecule has 76 valence electrons. The highest BCUT2D eigenvalue weighted by molar-refractivity contribution is 9.09. The molecular weight excluding hydrogens is 271 g/mol. The van der Waals surface area contributed by atoms with Crippen LogP contribution < -0.4 is 0 Å². The molecule has 0 heterocycles. The van der Waals surface area contributed by atoms with Crippen LogP contribution in [0.4, 0.5) is 0 Å². The molecule has 0 spiro atoms. The molecule has 2 atom stereocenters. The molecular formula is C10H15BrCl2. The first-order valence-electron chi connectivity index (χ1n) is 4.15. The molecule has 0 aliphatic rings. The van der Waals surface area contributed by atoms with Crippen LogP contribution in [0.5, 0.6) is 0 Å². The van der Waals surface area contributed by atoms with Crippen molar-refractivity contribution in [2.24, 2.45) is 0 Å². The van der Waals surface area contributed by atoms with E-state index in [1.165, 1.54) is 0 Å². The number of hydrogen-bond donors (Lipinski definition) is 0. The average molecular weight is 286 g/mol. The van der Waals surface area contributed by atoms with Gasteiger partial charge in [-0.05, 0) is 20.3 Å². The van der Waals surface area contributed by atoms with Gasteiger partial charge in [-0.1, -0.05) is 39.7 Å². The van der Waals surface area contributed by atoms with E-state index in [4.69, 9.17) is 23.2 Å². The quantitative estimate of drug-likeness (QED) is 0.515. The van der Waals surface area contributed by atoms with Crippen molar-refractivity contribution in [3.8, 4) is 0 Å². The van der Waals surface area contributed by atoms with E-state index in [0.717, 1.165) is 22.9 Å². The second-order valence-corrected chi connectivity index (χ2v) is 4.82. The first-order chi connectivity index (χ1) is 5.99. The van der Waals surface area contributed by atoms with E-state index in [-0.39, 0.29) is 10.8 Å². The van der Waals surface area contributed by atoms with E-state index in [0.29, 0.717) is 0 Å². The fourth-order valence-electron chi connectivity index (χ4n) is 0.740. The van der Waals surface area contributed by atoms with Crippen molar-refractivity contribution in [3.63, 3.8) is 0 Å². The van der Waals surface area contributed by atoms with Gasteiger partial charge in [0.05, 0.1) is 10.8 Å². The summed E-state index contributed by atoms with van der Waals surface area (Å²) in [5, 5.41) is 0.861. The monoisotopic (exact) mass is 284 g/mol. The molecule has 0 aromatic heterocycles. The smallest absolute Gasteiger partial charge is 0.0639 e. The summed E-state index contributed by atoms with van der Waals surface area (Å²) in [4.78, 5) is 0. The Balaban J connectivity index is 4.03. The maximum Gasteiger partial charge on any atom is 0.0639 e. The predicted octanol–water partition coefficient (Wildman–Crippen LogP) is 4.51. The molecule has 3 heteroatoms. The highest BCUT2D eigenvalue weighted by Gasteiger charge is 2.06. The van der Waals surface area contributed by atoms with Crippen molar-refractivity contribution < 1.29 is 0 Å². The molecule has 0 amide bonds. The lowest BCUT2D eigenvalue weighted by Crippen LogP contribution is -2.03. The van der Waals surface area contributed by atoms with Gasteiger partial charge in [0.15, 0.2) is 0 Å². The van der Waals surface area contributed by atoms with Crippen molar-refractivity contribution >= 4 is 39.1 Å². The van der Waals surface area contributed by atoms with Crippen LogP contribution in [0.15, 0.2) is 23.8 Å². The SMILES string of the molecule is C=C(C)C(Cl)C/C=C(/C)C(Cl)CBr. The van der Waals surface area contributed by atoms with Gasteiger partial charge in [0.1, 0.15) is 0 Å². The average Bonchev–Trinajstić information content (AvgIpc) is 2.11. The minimum atomic E-state index is 0.0224. The molecule has 0 rings (SSSR count). The molecule has 0 saturated carbocycles. The molecule has 0 radical (unpaired) electrons. The van der Waals surface area contributed by atoms with Gasteiger partial charge in [-0.2, -0.15) is 0 Å². The third-order valence-corrected chi connectivity index (χ3v) is 3.88. The van der Waals surface area contributed by atoms with E-state index in [1.807, 2.05) is 13.8 Å². The molecule has 13 heavy (non-hydrogen) atoms. The minimum absolute atomic E-state index is 0.0224. The lowest BCUT2D eigenvalue weighted by Gasteiger charge is -2.08. The fourth-order valence-corrected chi connectivity index (χ4v) is 1.43. The molecule has 0 N–H and O–H groups in total. The second kappa shape index (κ2) is 6.92. The summed E-state index contributed by atoms with van der Waals surface area (Å²) in [7, 11) is 0. The highest BCUT2D eigenvalue weighted by Crippen LogP contribution is 2.17.